The van der Waals surface area contributed by atoms with Crippen LogP contribution in [0.2, 0.25) is 5.15 Å². The zero-order chi connectivity index (χ0) is 11.5. The van der Waals surface area contributed by atoms with Gasteiger partial charge in [-0.05, 0) is 28.9 Å². The molecule has 0 unspecified atom stereocenters. The molecule has 2 aromatic rings. The Kier molecular flexibility index (Phi) is 3.78. The van der Waals surface area contributed by atoms with Crippen molar-refractivity contribution in [3.8, 4) is 0 Å². The van der Waals surface area contributed by atoms with E-state index in [1.54, 1.807) is 17.5 Å². The van der Waals surface area contributed by atoms with Gasteiger partial charge in [0.15, 0.2) is 0 Å². The van der Waals surface area contributed by atoms with E-state index in [9.17, 15) is 0 Å². The smallest absolute Gasteiger partial charge is 0.143 e. The first-order chi connectivity index (χ1) is 7.65. The highest BCUT2D eigenvalue weighted by Crippen LogP contribution is 2.23. The second kappa shape index (κ2) is 5.12. The van der Waals surface area contributed by atoms with Gasteiger partial charge in [-0.3, -0.25) is 0 Å². The Labute approximate surface area is 111 Å². The molecule has 2 rings (SSSR count). The van der Waals surface area contributed by atoms with E-state index < -0.39 is 0 Å². The molecule has 2 heterocycles. The molecular weight excluding hydrogens is 310 g/mol. The normalized spacial score (nSPS) is 10.4. The molecule has 0 saturated carbocycles. The monoisotopic (exact) mass is 317 g/mol. The van der Waals surface area contributed by atoms with Crippen molar-refractivity contribution in [3.63, 3.8) is 0 Å². The molecule has 0 aliphatic carbocycles. The molecule has 0 fully saturated rings. The fourth-order valence-electron chi connectivity index (χ4n) is 1.18. The number of thiazole rings is 1. The number of hydrogen-bond donors (Lipinski definition) is 1. The summed E-state index contributed by atoms with van der Waals surface area (Å²) in [4.78, 5) is 8.40. The Balaban J connectivity index is 2.02. The number of halogens is 2. The van der Waals surface area contributed by atoms with Crippen molar-refractivity contribution >= 4 is 44.6 Å². The average Bonchev–Trinajstić information content (AvgIpc) is 2.66. The number of nitrogens with zero attached hydrogens (tertiary/aromatic N) is 2. The third kappa shape index (κ3) is 2.93. The highest BCUT2D eigenvalue weighted by molar-refractivity contribution is 9.10. The van der Waals surface area contributed by atoms with Crippen LogP contribution in [0.15, 0.2) is 22.1 Å². The molecule has 0 saturated heterocycles. The van der Waals surface area contributed by atoms with E-state index in [1.165, 1.54) is 0 Å². The van der Waals surface area contributed by atoms with Gasteiger partial charge in [-0.1, -0.05) is 11.6 Å². The maximum atomic E-state index is 5.81. The fourth-order valence-corrected chi connectivity index (χ4v) is 2.34. The lowest BCUT2D eigenvalue weighted by Gasteiger charge is -2.04. The number of aryl methyl sites for hydroxylation is 1. The zero-order valence-corrected chi connectivity index (χ0v) is 11.7. The van der Waals surface area contributed by atoms with Gasteiger partial charge in [0.1, 0.15) is 10.2 Å². The van der Waals surface area contributed by atoms with Gasteiger partial charge in [-0.15, -0.1) is 11.3 Å². The Bertz CT molecular complexity index is 501. The third-order valence-electron chi connectivity index (χ3n) is 1.91. The number of nitrogens with one attached hydrogen (secondary N) is 1. The van der Waals surface area contributed by atoms with E-state index in [2.05, 4.69) is 31.2 Å². The second-order valence-electron chi connectivity index (χ2n) is 3.23. The highest BCUT2D eigenvalue weighted by atomic mass is 79.9. The standard InChI is InChI=1S/C10H9BrClN3S/c1-6-5-16-9(15-6)4-13-7-2-8(11)10(12)14-3-7/h2-3,5,13H,4H2,1H3. The fraction of sp³-hybridized carbons (Fsp3) is 0.200. The lowest BCUT2D eigenvalue weighted by atomic mass is 10.4. The van der Waals surface area contributed by atoms with Crippen LogP contribution in [0.25, 0.3) is 0 Å². The van der Waals surface area contributed by atoms with Crippen molar-refractivity contribution in [1.29, 1.82) is 0 Å². The van der Waals surface area contributed by atoms with E-state index in [0.717, 1.165) is 20.9 Å². The second-order valence-corrected chi connectivity index (χ2v) is 5.39. The molecule has 6 heteroatoms. The minimum absolute atomic E-state index is 0.468. The van der Waals surface area contributed by atoms with Crippen LogP contribution in [-0.4, -0.2) is 9.97 Å². The van der Waals surface area contributed by atoms with Gasteiger partial charge in [-0.2, -0.15) is 0 Å². The first-order valence-electron chi connectivity index (χ1n) is 4.61. The Morgan fingerprint density at radius 2 is 2.38 bits per heavy atom. The van der Waals surface area contributed by atoms with Crippen molar-refractivity contribution in [2.45, 2.75) is 13.5 Å². The SMILES string of the molecule is Cc1csc(CNc2cnc(Cl)c(Br)c2)n1. The minimum Gasteiger partial charge on any atom is -0.377 e. The van der Waals surface area contributed by atoms with Crippen LogP contribution in [0.5, 0.6) is 0 Å². The molecule has 0 bridgehead atoms. The van der Waals surface area contributed by atoms with Crippen molar-refractivity contribution in [2.75, 3.05) is 5.32 Å². The largest absolute Gasteiger partial charge is 0.377 e. The molecule has 0 aliphatic heterocycles. The molecule has 16 heavy (non-hydrogen) atoms. The molecule has 0 radical (unpaired) electrons. The molecule has 3 nitrogen and oxygen atoms in total. The topological polar surface area (TPSA) is 37.8 Å². The number of rotatable bonds is 3. The molecule has 0 spiro atoms. The van der Waals surface area contributed by atoms with Gasteiger partial charge in [0.05, 0.1) is 22.9 Å². The molecule has 1 N–H and O–H groups in total. The molecule has 0 aliphatic rings. The third-order valence-corrected chi connectivity index (χ3v) is 4.01. The number of aromatic nitrogens is 2. The molecule has 84 valence electrons. The summed E-state index contributed by atoms with van der Waals surface area (Å²) in [5.74, 6) is 0. The van der Waals surface area contributed by atoms with E-state index >= 15 is 0 Å². The summed E-state index contributed by atoms with van der Waals surface area (Å²) in [6.45, 7) is 2.69. The van der Waals surface area contributed by atoms with Gasteiger partial charge in [-0.25, -0.2) is 9.97 Å². The van der Waals surface area contributed by atoms with Gasteiger partial charge >= 0.3 is 0 Å². The van der Waals surface area contributed by atoms with Crippen LogP contribution >= 0.6 is 38.9 Å². The van der Waals surface area contributed by atoms with Crippen molar-refractivity contribution in [1.82, 2.24) is 9.97 Å². The number of anilines is 1. The van der Waals surface area contributed by atoms with Gasteiger partial charge < -0.3 is 5.32 Å². The Morgan fingerprint density at radius 3 is 3.00 bits per heavy atom. The van der Waals surface area contributed by atoms with Crippen molar-refractivity contribution < 1.29 is 0 Å². The first kappa shape index (κ1) is 11.8. The van der Waals surface area contributed by atoms with Crippen LogP contribution in [0.4, 0.5) is 5.69 Å². The van der Waals surface area contributed by atoms with Crippen LogP contribution < -0.4 is 5.32 Å². The lowest BCUT2D eigenvalue weighted by molar-refractivity contribution is 1.07. The summed E-state index contributed by atoms with van der Waals surface area (Å²) in [5.41, 5.74) is 1.97. The molecule has 0 atom stereocenters. The van der Waals surface area contributed by atoms with E-state index in [-0.39, 0.29) is 0 Å². The number of pyridine rings is 1. The molecular formula is C10H9BrClN3S. The molecule has 2 aromatic heterocycles. The minimum atomic E-state index is 0.468. The van der Waals surface area contributed by atoms with Crippen LogP contribution in [0, 0.1) is 6.92 Å². The molecule has 0 aromatic carbocycles. The molecule has 0 amide bonds. The van der Waals surface area contributed by atoms with E-state index in [1.807, 2.05) is 18.4 Å². The van der Waals surface area contributed by atoms with Crippen LogP contribution in [-0.2, 0) is 6.54 Å². The summed E-state index contributed by atoms with van der Waals surface area (Å²) >= 11 is 10.8. The summed E-state index contributed by atoms with van der Waals surface area (Å²) in [6.07, 6.45) is 1.70. The highest BCUT2D eigenvalue weighted by Gasteiger charge is 2.02. The summed E-state index contributed by atoms with van der Waals surface area (Å²) in [7, 11) is 0. The first-order valence-corrected chi connectivity index (χ1v) is 6.66. The van der Waals surface area contributed by atoms with Crippen molar-refractivity contribution in [3.05, 3.63) is 38.0 Å². The summed E-state index contributed by atoms with van der Waals surface area (Å²) in [5, 5.41) is 6.80. The predicted octanol–water partition coefficient (Wildman–Crippen LogP) is 3.87. The predicted molar refractivity (Wildman–Crippen MR) is 71.1 cm³/mol. The lowest BCUT2D eigenvalue weighted by Crippen LogP contribution is -1.99. The van der Waals surface area contributed by atoms with E-state index in [4.69, 9.17) is 11.6 Å². The van der Waals surface area contributed by atoms with Gasteiger partial charge in [0, 0.05) is 11.1 Å². The Hall–Kier alpha value is -0.650. The van der Waals surface area contributed by atoms with Gasteiger partial charge in [0.2, 0.25) is 0 Å². The maximum absolute atomic E-state index is 5.81. The average molecular weight is 319 g/mol. The Morgan fingerprint density at radius 1 is 1.56 bits per heavy atom. The van der Waals surface area contributed by atoms with Crippen molar-refractivity contribution in [2.24, 2.45) is 0 Å². The number of hydrogen-bond acceptors (Lipinski definition) is 4. The van der Waals surface area contributed by atoms with E-state index in [0.29, 0.717) is 11.7 Å². The van der Waals surface area contributed by atoms with Gasteiger partial charge in [0.25, 0.3) is 0 Å². The summed E-state index contributed by atoms with van der Waals surface area (Å²) < 4.78 is 0.787. The van der Waals surface area contributed by atoms with Crippen LogP contribution in [0.1, 0.15) is 10.7 Å². The maximum Gasteiger partial charge on any atom is 0.143 e. The summed E-state index contributed by atoms with van der Waals surface area (Å²) in [6, 6.07) is 1.90. The van der Waals surface area contributed by atoms with Crippen LogP contribution in [0.3, 0.4) is 0 Å². The zero-order valence-electron chi connectivity index (χ0n) is 8.50. The quantitative estimate of drug-likeness (QED) is 0.873.